The molecule has 0 spiro atoms. The van der Waals surface area contributed by atoms with Gasteiger partial charge in [-0.15, -0.1) is 0 Å². The van der Waals surface area contributed by atoms with Crippen LogP contribution in [0.4, 0.5) is 0 Å². The number of carbonyl (C=O) groups is 1. The number of carbonyl (C=O) groups excluding carboxylic acids is 1. The fraction of sp³-hybridized carbons (Fsp3) is 0.435. The molecule has 0 aromatic heterocycles. The van der Waals surface area contributed by atoms with Gasteiger partial charge in [-0.25, -0.2) is 8.42 Å². The SMILES string of the molecule is Cc1ccc(C(C)NC(=O)c2ccc(Cl)c(S(=O)(=O)N3CCCCCC3)c2)c(C)c1. The number of benzene rings is 2. The molecule has 2 aromatic carbocycles. The van der Waals surface area contributed by atoms with E-state index in [2.05, 4.69) is 11.4 Å². The summed E-state index contributed by atoms with van der Waals surface area (Å²) in [5.74, 6) is -0.327. The van der Waals surface area contributed by atoms with Gasteiger partial charge in [-0.1, -0.05) is 48.2 Å². The van der Waals surface area contributed by atoms with Crippen LogP contribution in [0.15, 0.2) is 41.3 Å². The number of rotatable bonds is 5. The Balaban J connectivity index is 1.84. The number of aryl methyl sites for hydroxylation is 2. The van der Waals surface area contributed by atoms with Gasteiger partial charge in [-0.3, -0.25) is 4.79 Å². The maximum Gasteiger partial charge on any atom is 0.251 e. The molecule has 1 saturated heterocycles. The summed E-state index contributed by atoms with van der Waals surface area (Å²) >= 11 is 6.25. The van der Waals surface area contributed by atoms with Gasteiger partial charge in [-0.05, 0) is 62.9 Å². The van der Waals surface area contributed by atoms with E-state index in [0.717, 1.165) is 42.4 Å². The van der Waals surface area contributed by atoms with Crippen molar-refractivity contribution in [3.05, 3.63) is 63.7 Å². The quantitative estimate of drug-likeness (QED) is 0.698. The third-order valence-corrected chi connectivity index (χ3v) is 8.00. The van der Waals surface area contributed by atoms with E-state index < -0.39 is 10.0 Å². The minimum absolute atomic E-state index is 0.00196. The lowest BCUT2D eigenvalue weighted by Gasteiger charge is -2.21. The molecule has 0 bridgehead atoms. The fourth-order valence-corrected chi connectivity index (χ4v) is 5.95. The molecule has 1 fully saturated rings. The number of nitrogens with one attached hydrogen (secondary N) is 1. The first-order chi connectivity index (χ1) is 14.2. The van der Waals surface area contributed by atoms with Crippen LogP contribution in [0.1, 0.15) is 65.7 Å². The highest BCUT2D eigenvalue weighted by molar-refractivity contribution is 7.89. The van der Waals surface area contributed by atoms with Crippen molar-refractivity contribution in [2.75, 3.05) is 13.1 Å². The van der Waals surface area contributed by atoms with Crippen molar-refractivity contribution in [1.82, 2.24) is 9.62 Å². The number of nitrogens with zero attached hydrogens (tertiary/aromatic N) is 1. The van der Waals surface area contributed by atoms with Crippen molar-refractivity contribution in [3.8, 4) is 0 Å². The molecule has 3 rings (SSSR count). The lowest BCUT2D eigenvalue weighted by Crippen LogP contribution is -2.32. The van der Waals surface area contributed by atoms with Gasteiger partial charge in [0.1, 0.15) is 4.90 Å². The van der Waals surface area contributed by atoms with E-state index in [1.54, 1.807) is 6.07 Å². The Kier molecular flexibility index (Phi) is 7.22. The summed E-state index contributed by atoms with van der Waals surface area (Å²) in [5, 5.41) is 3.11. The first kappa shape index (κ1) is 22.8. The lowest BCUT2D eigenvalue weighted by molar-refractivity contribution is 0.0939. The van der Waals surface area contributed by atoms with Crippen molar-refractivity contribution in [2.45, 2.75) is 57.4 Å². The predicted octanol–water partition coefficient (Wildman–Crippen LogP) is 5.01. The minimum Gasteiger partial charge on any atom is -0.346 e. The molecule has 1 N–H and O–H groups in total. The number of hydrogen-bond donors (Lipinski definition) is 1. The molecule has 7 heteroatoms. The van der Waals surface area contributed by atoms with Crippen LogP contribution in [0.5, 0.6) is 0 Å². The van der Waals surface area contributed by atoms with Crippen LogP contribution < -0.4 is 5.32 Å². The minimum atomic E-state index is -3.74. The lowest BCUT2D eigenvalue weighted by atomic mass is 10.00. The van der Waals surface area contributed by atoms with E-state index in [0.29, 0.717) is 13.1 Å². The molecule has 1 heterocycles. The van der Waals surface area contributed by atoms with Crippen LogP contribution in [0.3, 0.4) is 0 Å². The molecule has 2 aromatic rings. The average Bonchev–Trinajstić information content (AvgIpc) is 2.98. The van der Waals surface area contributed by atoms with Gasteiger partial charge in [0.25, 0.3) is 5.91 Å². The summed E-state index contributed by atoms with van der Waals surface area (Å²) in [5.41, 5.74) is 3.57. The smallest absolute Gasteiger partial charge is 0.251 e. The Bertz CT molecular complexity index is 1030. The Morgan fingerprint density at radius 3 is 2.33 bits per heavy atom. The van der Waals surface area contributed by atoms with E-state index in [1.807, 2.05) is 32.9 Å². The summed E-state index contributed by atoms with van der Waals surface area (Å²) < 4.78 is 27.8. The highest BCUT2D eigenvalue weighted by Crippen LogP contribution is 2.28. The van der Waals surface area contributed by atoms with Crippen LogP contribution in [-0.4, -0.2) is 31.7 Å². The first-order valence-electron chi connectivity index (χ1n) is 10.4. The van der Waals surface area contributed by atoms with Crippen LogP contribution in [-0.2, 0) is 10.0 Å². The van der Waals surface area contributed by atoms with Gasteiger partial charge >= 0.3 is 0 Å². The zero-order valence-corrected chi connectivity index (χ0v) is 19.3. The second-order valence-corrected chi connectivity index (χ2v) is 10.3. The Hall–Kier alpha value is -1.89. The Labute approximate surface area is 184 Å². The van der Waals surface area contributed by atoms with Crippen molar-refractivity contribution in [2.24, 2.45) is 0 Å². The van der Waals surface area contributed by atoms with Crippen molar-refractivity contribution >= 4 is 27.5 Å². The Morgan fingerprint density at radius 1 is 1.03 bits per heavy atom. The van der Waals surface area contributed by atoms with Gasteiger partial charge in [0.15, 0.2) is 0 Å². The van der Waals surface area contributed by atoms with Crippen LogP contribution in [0.25, 0.3) is 0 Å². The van der Waals surface area contributed by atoms with E-state index >= 15 is 0 Å². The van der Waals surface area contributed by atoms with E-state index in [1.165, 1.54) is 16.4 Å². The van der Waals surface area contributed by atoms with E-state index in [9.17, 15) is 13.2 Å². The summed E-state index contributed by atoms with van der Waals surface area (Å²) in [6.45, 7) is 6.93. The number of hydrogen-bond acceptors (Lipinski definition) is 3. The molecule has 1 amide bonds. The maximum absolute atomic E-state index is 13.2. The zero-order chi connectivity index (χ0) is 21.9. The second-order valence-electron chi connectivity index (χ2n) is 8.02. The molecule has 1 aliphatic heterocycles. The monoisotopic (exact) mass is 448 g/mol. The van der Waals surface area contributed by atoms with Gasteiger partial charge in [-0.2, -0.15) is 4.31 Å². The van der Waals surface area contributed by atoms with E-state index in [4.69, 9.17) is 11.6 Å². The summed E-state index contributed by atoms with van der Waals surface area (Å²) in [6.07, 6.45) is 3.73. The van der Waals surface area contributed by atoms with Crippen LogP contribution in [0.2, 0.25) is 5.02 Å². The number of amides is 1. The standard InChI is InChI=1S/C23H29ClN2O3S/c1-16-8-10-20(17(2)14-16)18(3)25-23(27)19-9-11-21(24)22(15-19)30(28,29)26-12-6-4-5-7-13-26/h8-11,14-15,18H,4-7,12-13H2,1-3H3,(H,25,27). The third-order valence-electron chi connectivity index (χ3n) is 5.62. The van der Waals surface area contributed by atoms with Crippen LogP contribution in [0, 0.1) is 13.8 Å². The number of sulfonamides is 1. The molecule has 30 heavy (non-hydrogen) atoms. The highest BCUT2D eigenvalue weighted by Gasteiger charge is 2.28. The molecule has 0 aliphatic carbocycles. The average molecular weight is 449 g/mol. The zero-order valence-electron chi connectivity index (χ0n) is 17.7. The van der Waals surface area contributed by atoms with Gasteiger partial charge in [0.05, 0.1) is 11.1 Å². The molecule has 1 unspecified atom stereocenters. The van der Waals surface area contributed by atoms with E-state index in [-0.39, 0.29) is 27.4 Å². The van der Waals surface area contributed by atoms with Crippen molar-refractivity contribution < 1.29 is 13.2 Å². The molecule has 5 nitrogen and oxygen atoms in total. The van der Waals surface area contributed by atoms with Crippen LogP contribution >= 0.6 is 11.6 Å². The Morgan fingerprint density at radius 2 is 1.70 bits per heavy atom. The molecule has 1 atom stereocenters. The van der Waals surface area contributed by atoms with Crippen molar-refractivity contribution in [1.29, 1.82) is 0 Å². The van der Waals surface area contributed by atoms with Crippen molar-refractivity contribution in [3.63, 3.8) is 0 Å². The topological polar surface area (TPSA) is 66.5 Å². The largest absolute Gasteiger partial charge is 0.346 e. The normalized spacial score (nSPS) is 16.7. The molecular weight excluding hydrogens is 420 g/mol. The van der Waals surface area contributed by atoms with Gasteiger partial charge < -0.3 is 5.32 Å². The first-order valence-corrected chi connectivity index (χ1v) is 12.2. The molecule has 0 saturated carbocycles. The summed E-state index contributed by atoms with van der Waals surface area (Å²) in [6, 6.07) is 10.3. The molecular formula is C23H29ClN2O3S. The predicted molar refractivity (Wildman–Crippen MR) is 120 cm³/mol. The molecule has 1 aliphatic rings. The fourth-order valence-electron chi connectivity index (χ4n) is 3.93. The maximum atomic E-state index is 13.2. The summed E-state index contributed by atoms with van der Waals surface area (Å²) in [4.78, 5) is 12.9. The molecule has 162 valence electrons. The summed E-state index contributed by atoms with van der Waals surface area (Å²) in [7, 11) is -3.74. The van der Waals surface area contributed by atoms with Gasteiger partial charge in [0.2, 0.25) is 10.0 Å². The second kappa shape index (κ2) is 9.50. The van der Waals surface area contributed by atoms with Gasteiger partial charge in [0, 0.05) is 18.7 Å². The number of halogens is 1. The third kappa shape index (κ3) is 5.05. The molecule has 0 radical (unpaired) electrons. The highest BCUT2D eigenvalue weighted by atomic mass is 35.5.